The topological polar surface area (TPSA) is 27.7 Å². The molecule has 3 nitrogen and oxygen atoms in total. The van der Waals surface area contributed by atoms with E-state index in [2.05, 4.69) is 34.1 Å². The highest BCUT2D eigenvalue weighted by atomic mass is 16.7. The van der Waals surface area contributed by atoms with Gasteiger partial charge in [-0.2, -0.15) is 0 Å². The molecule has 4 heteroatoms. The molecule has 2 rings (SSSR count). The molecule has 1 aliphatic rings. The molecule has 1 aromatic carbocycles. The fraction of sp³-hybridized carbons (Fsp3) is 0.533. The molecule has 1 saturated heterocycles. The van der Waals surface area contributed by atoms with Gasteiger partial charge < -0.3 is 14.0 Å². The van der Waals surface area contributed by atoms with Crippen LogP contribution < -0.4 is 4.74 Å². The summed E-state index contributed by atoms with van der Waals surface area (Å²) in [5, 5.41) is 0. The lowest BCUT2D eigenvalue weighted by atomic mass is 9.81. The molecule has 0 atom stereocenters. The van der Waals surface area contributed by atoms with Gasteiger partial charge >= 0.3 is 7.12 Å². The molecule has 0 aliphatic carbocycles. The lowest BCUT2D eigenvalue weighted by Crippen LogP contribution is -2.41. The summed E-state index contributed by atoms with van der Waals surface area (Å²) in [5.74, 6) is 0.868. The Labute approximate surface area is 116 Å². The van der Waals surface area contributed by atoms with Crippen LogP contribution >= 0.6 is 0 Å². The van der Waals surface area contributed by atoms with Crippen LogP contribution in [0.3, 0.4) is 0 Å². The second-order valence-corrected chi connectivity index (χ2v) is 5.90. The molecule has 0 aromatic heterocycles. The van der Waals surface area contributed by atoms with E-state index in [1.165, 1.54) is 0 Å². The summed E-state index contributed by atoms with van der Waals surface area (Å²) in [4.78, 5) is 0. The first-order chi connectivity index (χ1) is 8.84. The van der Waals surface area contributed by atoms with E-state index in [4.69, 9.17) is 14.0 Å². The molecule has 0 amide bonds. The van der Waals surface area contributed by atoms with E-state index in [0.717, 1.165) is 17.6 Å². The van der Waals surface area contributed by atoms with Crippen LogP contribution in [-0.4, -0.2) is 25.4 Å². The van der Waals surface area contributed by atoms with Gasteiger partial charge in [0.2, 0.25) is 0 Å². The van der Waals surface area contributed by atoms with Crippen molar-refractivity contribution in [1.82, 2.24) is 0 Å². The van der Waals surface area contributed by atoms with Crippen molar-refractivity contribution in [1.29, 1.82) is 0 Å². The molecule has 1 radical (unpaired) electrons. The van der Waals surface area contributed by atoms with E-state index in [1.807, 2.05) is 24.3 Å². The first kappa shape index (κ1) is 14.4. The Morgan fingerprint density at radius 3 is 2.05 bits per heavy atom. The van der Waals surface area contributed by atoms with Gasteiger partial charge in [0.15, 0.2) is 0 Å². The van der Waals surface area contributed by atoms with Gasteiger partial charge in [-0.15, -0.1) is 0 Å². The molecule has 1 heterocycles. The minimum atomic E-state index is -0.259. The minimum Gasteiger partial charge on any atom is -0.497 e. The van der Waals surface area contributed by atoms with Gasteiger partial charge in [-0.25, -0.2) is 0 Å². The largest absolute Gasteiger partial charge is 0.497 e. The maximum Gasteiger partial charge on any atom is 0.458 e. The third-order valence-electron chi connectivity index (χ3n) is 3.96. The summed E-state index contributed by atoms with van der Waals surface area (Å²) in [5.41, 5.74) is 0.632. The zero-order valence-electron chi connectivity index (χ0n) is 12.4. The van der Waals surface area contributed by atoms with Crippen molar-refractivity contribution in [2.24, 2.45) is 0 Å². The monoisotopic (exact) mass is 261 g/mol. The highest BCUT2D eigenvalue weighted by molar-refractivity contribution is 6.46. The first-order valence-electron chi connectivity index (χ1n) is 6.67. The summed E-state index contributed by atoms with van der Waals surface area (Å²) < 4.78 is 17.0. The normalized spacial score (nSPS) is 20.6. The smallest absolute Gasteiger partial charge is 0.458 e. The third-order valence-corrected chi connectivity index (χ3v) is 3.96. The SMILES string of the molecule is COc1ccc([CH]CB2OC(C)(C)C(C)(C)O2)cc1. The molecule has 0 spiro atoms. The van der Waals surface area contributed by atoms with Crippen molar-refractivity contribution < 1.29 is 14.0 Å². The summed E-state index contributed by atoms with van der Waals surface area (Å²) >= 11 is 0. The molecule has 0 bridgehead atoms. The average molecular weight is 261 g/mol. The fourth-order valence-electron chi connectivity index (χ4n) is 2.03. The highest BCUT2D eigenvalue weighted by Crippen LogP contribution is 2.38. The van der Waals surface area contributed by atoms with Crippen LogP contribution in [0.5, 0.6) is 5.75 Å². The van der Waals surface area contributed by atoms with Crippen LogP contribution in [-0.2, 0) is 9.31 Å². The maximum atomic E-state index is 5.95. The zero-order chi connectivity index (χ0) is 14.1. The Morgan fingerprint density at radius 1 is 1.05 bits per heavy atom. The van der Waals surface area contributed by atoms with E-state index in [0.29, 0.717) is 0 Å². The van der Waals surface area contributed by atoms with Gasteiger partial charge in [0.25, 0.3) is 0 Å². The summed E-state index contributed by atoms with van der Waals surface area (Å²) in [6.45, 7) is 8.28. The van der Waals surface area contributed by atoms with E-state index >= 15 is 0 Å². The Balaban J connectivity index is 1.90. The molecule has 103 valence electrons. The predicted octanol–water partition coefficient (Wildman–Crippen LogP) is 3.34. The second kappa shape index (κ2) is 5.18. The Hall–Kier alpha value is -0.995. The number of methoxy groups -OCH3 is 1. The van der Waals surface area contributed by atoms with Crippen molar-refractivity contribution >= 4 is 7.12 Å². The standard InChI is InChI=1S/C15H22BO3/c1-14(2)15(3,4)19-16(18-14)11-10-12-6-8-13(17-5)9-7-12/h6-10H,11H2,1-5H3. The molecule has 0 saturated carbocycles. The lowest BCUT2D eigenvalue weighted by molar-refractivity contribution is 0.00578. The van der Waals surface area contributed by atoms with Crippen LogP contribution in [0.25, 0.3) is 0 Å². The van der Waals surface area contributed by atoms with Crippen molar-refractivity contribution in [3.63, 3.8) is 0 Å². The van der Waals surface area contributed by atoms with E-state index in [-0.39, 0.29) is 18.3 Å². The summed E-state index contributed by atoms with van der Waals surface area (Å²) in [6, 6.07) is 7.97. The highest BCUT2D eigenvalue weighted by Gasteiger charge is 2.50. The van der Waals surface area contributed by atoms with Crippen molar-refractivity contribution in [3.05, 3.63) is 36.2 Å². The second-order valence-electron chi connectivity index (χ2n) is 5.90. The molecule has 19 heavy (non-hydrogen) atoms. The van der Waals surface area contributed by atoms with Crippen LogP contribution in [0.15, 0.2) is 24.3 Å². The van der Waals surface area contributed by atoms with Gasteiger partial charge in [-0.05, 0) is 58.1 Å². The number of rotatable bonds is 4. The summed E-state index contributed by atoms with van der Waals surface area (Å²) in [6.07, 6.45) is 2.88. The first-order valence-corrected chi connectivity index (χ1v) is 6.67. The van der Waals surface area contributed by atoms with Gasteiger partial charge in [0.1, 0.15) is 5.75 Å². The Bertz CT molecular complexity index is 410. The fourth-order valence-corrected chi connectivity index (χ4v) is 2.03. The summed E-state index contributed by atoms with van der Waals surface area (Å²) in [7, 11) is 1.50. The van der Waals surface area contributed by atoms with Crippen molar-refractivity contribution in [3.8, 4) is 5.75 Å². The Morgan fingerprint density at radius 2 is 1.58 bits per heavy atom. The number of benzene rings is 1. The van der Waals surface area contributed by atoms with Gasteiger partial charge in [-0.3, -0.25) is 0 Å². The van der Waals surface area contributed by atoms with Crippen LogP contribution in [0.1, 0.15) is 33.3 Å². The molecular weight excluding hydrogens is 239 g/mol. The molecule has 0 N–H and O–H groups in total. The van der Waals surface area contributed by atoms with Gasteiger partial charge in [-0.1, -0.05) is 12.1 Å². The molecule has 1 fully saturated rings. The Kier molecular flexibility index (Phi) is 3.93. The van der Waals surface area contributed by atoms with Crippen molar-refractivity contribution in [2.75, 3.05) is 7.11 Å². The number of ether oxygens (including phenoxy) is 1. The molecule has 1 aromatic rings. The average Bonchev–Trinajstić information content (AvgIpc) is 2.56. The quantitative estimate of drug-likeness (QED) is 0.778. The van der Waals surface area contributed by atoms with Gasteiger partial charge in [0, 0.05) is 0 Å². The van der Waals surface area contributed by atoms with Crippen LogP contribution in [0, 0.1) is 6.42 Å². The molecular formula is C15H22BO3. The maximum absolute atomic E-state index is 5.95. The number of hydrogen-bond donors (Lipinski definition) is 0. The van der Waals surface area contributed by atoms with E-state index < -0.39 is 0 Å². The molecule has 0 unspecified atom stereocenters. The van der Waals surface area contributed by atoms with Crippen LogP contribution in [0.2, 0.25) is 6.32 Å². The van der Waals surface area contributed by atoms with E-state index in [1.54, 1.807) is 7.11 Å². The third kappa shape index (κ3) is 3.12. The molecule has 1 aliphatic heterocycles. The zero-order valence-corrected chi connectivity index (χ0v) is 12.4. The van der Waals surface area contributed by atoms with Crippen LogP contribution in [0.4, 0.5) is 0 Å². The number of hydrogen-bond acceptors (Lipinski definition) is 3. The minimum absolute atomic E-state index is 0.174. The lowest BCUT2D eigenvalue weighted by Gasteiger charge is -2.32. The van der Waals surface area contributed by atoms with Crippen molar-refractivity contribution in [2.45, 2.75) is 45.2 Å². The van der Waals surface area contributed by atoms with Gasteiger partial charge in [0.05, 0.1) is 18.3 Å². The predicted molar refractivity (Wildman–Crippen MR) is 77.3 cm³/mol. The van der Waals surface area contributed by atoms with E-state index in [9.17, 15) is 0 Å².